The van der Waals surface area contributed by atoms with Crippen molar-refractivity contribution in [3.63, 3.8) is 0 Å². The third kappa shape index (κ3) is 11.4. The van der Waals surface area contributed by atoms with Crippen molar-refractivity contribution in [3.8, 4) is 0 Å². The van der Waals surface area contributed by atoms with E-state index in [2.05, 4.69) is 21.9 Å². The van der Waals surface area contributed by atoms with Gasteiger partial charge in [0.2, 0.25) is 0 Å². The number of rotatable bonds is 11. The largest absolute Gasteiger partial charge is 0.386 e. The Morgan fingerprint density at radius 1 is 1.30 bits per heavy atom. The van der Waals surface area contributed by atoms with Gasteiger partial charge in [-0.15, -0.1) is 0 Å². The molecular formula is C16H32N6O. The number of hydrogen-bond acceptors (Lipinski definition) is 4. The molecule has 0 aliphatic carbocycles. The van der Waals surface area contributed by atoms with E-state index in [1.807, 2.05) is 26.0 Å². The molecule has 0 fully saturated rings. The maximum atomic E-state index is 9.55. The van der Waals surface area contributed by atoms with Crippen LogP contribution in [0.2, 0.25) is 0 Å². The molecule has 23 heavy (non-hydrogen) atoms. The van der Waals surface area contributed by atoms with E-state index in [9.17, 15) is 5.11 Å². The summed E-state index contributed by atoms with van der Waals surface area (Å²) < 4.78 is 0. The lowest BCUT2D eigenvalue weighted by atomic mass is 10.1. The Hall–Kier alpha value is -1.86. The van der Waals surface area contributed by atoms with Crippen molar-refractivity contribution in [1.82, 2.24) is 5.32 Å². The fourth-order valence-electron chi connectivity index (χ4n) is 2.18. The third-order valence-corrected chi connectivity index (χ3v) is 3.07. The summed E-state index contributed by atoms with van der Waals surface area (Å²) in [5, 5.41) is 12.6. The van der Waals surface area contributed by atoms with Crippen molar-refractivity contribution in [2.45, 2.75) is 58.3 Å². The highest BCUT2D eigenvalue weighted by Crippen LogP contribution is 2.09. The Labute approximate surface area is 139 Å². The van der Waals surface area contributed by atoms with Crippen molar-refractivity contribution in [1.29, 1.82) is 0 Å². The normalized spacial score (nSPS) is 16.1. The zero-order valence-electron chi connectivity index (χ0n) is 14.5. The lowest BCUT2D eigenvalue weighted by molar-refractivity contribution is 0.148. The van der Waals surface area contributed by atoms with Crippen molar-refractivity contribution in [3.05, 3.63) is 24.3 Å². The molecule has 0 aromatic carbocycles. The maximum absolute atomic E-state index is 9.55. The second kappa shape index (κ2) is 11.7. The van der Waals surface area contributed by atoms with Gasteiger partial charge < -0.3 is 22.3 Å². The van der Waals surface area contributed by atoms with E-state index < -0.39 is 6.23 Å². The van der Waals surface area contributed by atoms with E-state index in [0.717, 1.165) is 18.4 Å². The van der Waals surface area contributed by atoms with Gasteiger partial charge in [0.25, 0.3) is 0 Å². The van der Waals surface area contributed by atoms with Gasteiger partial charge in [-0.3, -0.25) is 15.3 Å². The van der Waals surface area contributed by atoms with E-state index in [4.69, 9.17) is 17.2 Å². The minimum absolute atomic E-state index is 0.0229. The molecule has 0 radical (unpaired) electrons. The Morgan fingerprint density at radius 3 is 2.48 bits per heavy atom. The lowest BCUT2D eigenvalue weighted by Gasteiger charge is -2.21. The third-order valence-electron chi connectivity index (χ3n) is 3.07. The minimum Gasteiger partial charge on any atom is -0.386 e. The van der Waals surface area contributed by atoms with Crippen LogP contribution >= 0.6 is 0 Å². The fraction of sp³-hybridized carbons (Fsp3) is 0.625. The van der Waals surface area contributed by atoms with Crippen LogP contribution in [-0.2, 0) is 0 Å². The quantitative estimate of drug-likeness (QED) is 0.125. The standard InChI is InChI=1S/C16H32N6O/c1-5-7-11(2)10-12(3)21-15(17)14(22-13(4)23)8-6-9-20-16(18)19/h5,7,12-14,22-23H,2,6,8-10H2,1,3-4H3,(H2,17,21)(H4,18,19,20). The van der Waals surface area contributed by atoms with E-state index in [0.29, 0.717) is 18.8 Å². The van der Waals surface area contributed by atoms with Crippen LogP contribution in [0.5, 0.6) is 0 Å². The van der Waals surface area contributed by atoms with Crippen LogP contribution in [-0.4, -0.2) is 41.8 Å². The van der Waals surface area contributed by atoms with E-state index >= 15 is 0 Å². The smallest absolute Gasteiger partial charge is 0.185 e. The Balaban J connectivity index is 4.70. The molecule has 0 heterocycles. The Bertz CT molecular complexity index is 438. The first-order valence-electron chi connectivity index (χ1n) is 7.89. The maximum Gasteiger partial charge on any atom is 0.185 e. The number of aliphatic hydroxyl groups is 1. The zero-order chi connectivity index (χ0) is 17.8. The molecule has 0 aliphatic heterocycles. The van der Waals surface area contributed by atoms with Crippen LogP contribution in [0.25, 0.3) is 0 Å². The number of guanidine groups is 1. The number of allylic oxidation sites excluding steroid dienone is 2. The first-order valence-corrected chi connectivity index (χ1v) is 7.89. The number of amidine groups is 1. The van der Waals surface area contributed by atoms with Gasteiger partial charge in [0, 0.05) is 6.54 Å². The van der Waals surface area contributed by atoms with E-state index in [-0.39, 0.29) is 18.0 Å². The first-order chi connectivity index (χ1) is 10.8. The van der Waals surface area contributed by atoms with E-state index in [1.54, 1.807) is 6.92 Å². The second-order valence-electron chi connectivity index (χ2n) is 5.61. The summed E-state index contributed by atoms with van der Waals surface area (Å²) in [5.74, 6) is 0.541. The average Bonchev–Trinajstić information content (AvgIpc) is 2.41. The van der Waals surface area contributed by atoms with Crippen LogP contribution in [0.4, 0.5) is 0 Å². The SMILES string of the molecule is C=C(C=CC)CC(C)N=C(N)C(CCCN=C(N)N)NC(C)O. The van der Waals surface area contributed by atoms with Gasteiger partial charge >= 0.3 is 0 Å². The van der Waals surface area contributed by atoms with Gasteiger partial charge in [-0.05, 0) is 40.0 Å². The van der Waals surface area contributed by atoms with Gasteiger partial charge in [-0.1, -0.05) is 24.3 Å². The predicted octanol–water partition coefficient (Wildman–Crippen LogP) is 0.605. The number of aliphatic imine (C=N–C) groups is 2. The van der Waals surface area contributed by atoms with Crippen LogP contribution in [0, 0.1) is 0 Å². The lowest BCUT2D eigenvalue weighted by Crippen LogP contribution is -2.46. The van der Waals surface area contributed by atoms with Gasteiger partial charge in [-0.25, -0.2) is 0 Å². The summed E-state index contributed by atoms with van der Waals surface area (Å²) in [6, 6.07) is -0.198. The average molecular weight is 324 g/mol. The Morgan fingerprint density at radius 2 is 1.96 bits per heavy atom. The topological polar surface area (TPSA) is 135 Å². The summed E-state index contributed by atoms with van der Waals surface area (Å²) in [5.41, 5.74) is 17.7. The highest BCUT2D eigenvalue weighted by Gasteiger charge is 2.15. The number of nitrogens with two attached hydrogens (primary N) is 3. The molecule has 132 valence electrons. The molecule has 0 bridgehead atoms. The molecule has 8 N–H and O–H groups in total. The van der Waals surface area contributed by atoms with Gasteiger partial charge in [0.15, 0.2) is 5.96 Å². The molecule has 0 amide bonds. The molecule has 0 saturated carbocycles. The molecule has 3 atom stereocenters. The molecule has 0 aromatic heterocycles. The Kier molecular flexibility index (Phi) is 10.7. The molecule has 0 saturated heterocycles. The first kappa shape index (κ1) is 21.1. The van der Waals surface area contributed by atoms with Crippen LogP contribution < -0.4 is 22.5 Å². The highest BCUT2D eigenvalue weighted by molar-refractivity contribution is 5.86. The van der Waals surface area contributed by atoms with Crippen LogP contribution in [0.1, 0.15) is 40.0 Å². The van der Waals surface area contributed by atoms with Crippen molar-refractivity contribution in [2.24, 2.45) is 27.2 Å². The molecule has 7 nitrogen and oxygen atoms in total. The number of nitrogens with zero attached hydrogens (tertiary/aromatic N) is 2. The van der Waals surface area contributed by atoms with Gasteiger partial charge in [-0.2, -0.15) is 0 Å². The molecule has 0 aromatic rings. The van der Waals surface area contributed by atoms with Gasteiger partial charge in [0.05, 0.1) is 12.1 Å². The van der Waals surface area contributed by atoms with Crippen molar-refractivity contribution < 1.29 is 5.11 Å². The number of aliphatic hydroxyl groups excluding tert-OH is 1. The van der Waals surface area contributed by atoms with Crippen molar-refractivity contribution >= 4 is 11.8 Å². The van der Waals surface area contributed by atoms with Crippen LogP contribution in [0.3, 0.4) is 0 Å². The summed E-state index contributed by atoms with van der Waals surface area (Å²) in [6.07, 6.45) is 5.38. The molecule has 3 unspecified atom stereocenters. The summed E-state index contributed by atoms with van der Waals surface area (Å²) in [6.45, 7) is 10.1. The number of nitrogens with one attached hydrogen (secondary N) is 1. The second-order valence-corrected chi connectivity index (χ2v) is 5.61. The monoisotopic (exact) mass is 324 g/mol. The molecular weight excluding hydrogens is 292 g/mol. The summed E-state index contributed by atoms with van der Waals surface area (Å²) in [7, 11) is 0. The molecule has 7 heteroatoms. The highest BCUT2D eigenvalue weighted by atomic mass is 16.3. The number of hydrogen-bond donors (Lipinski definition) is 5. The predicted molar refractivity (Wildman–Crippen MR) is 98.2 cm³/mol. The fourth-order valence-corrected chi connectivity index (χ4v) is 2.18. The zero-order valence-corrected chi connectivity index (χ0v) is 14.5. The van der Waals surface area contributed by atoms with Gasteiger partial charge in [0.1, 0.15) is 12.1 Å². The summed E-state index contributed by atoms with van der Waals surface area (Å²) in [4.78, 5) is 8.45. The molecule has 0 rings (SSSR count). The van der Waals surface area contributed by atoms with Crippen molar-refractivity contribution in [2.75, 3.05) is 6.54 Å². The van der Waals surface area contributed by atoms with Crippen LogP contribution in [0.15, 0.2) is 34.3 Å². The minimum atomic E-state index is -0.676. The molecule has 0 spiro atoms. The van der Waals surface area contributed by atoms with E-state index in [1.165, 1.54) is 0 Å². The summed E-state index contributed by atoms with van der Waals surface area (Å²) >= 11 is 0. The molecule has 0 aliphatic rings.